The number of hydrogen-bond acceptors (Lipinski definition) is 5. The van der Waals surface area contributed by atoms with Gasteiger partial charge in [0.2, 0.25) is 10.0 Å². The van der Waals surface area contributed by atoms with Gasteiger partial charge in [-0.3, -0.25) is 0 Å². The van der Waals surface area contributed by atoms with Crippen LogP contribution in [-0.2, 0) is 21.3 Å². The predicted octanol–water partition coefficient (Wildman–Crippen LogP) is 2.09. The lowest BCUT2D eigenvalue weighted by atomic mass is 10.1. The van der Waals surface area contributed by atoms with E-state index < -0.39 is 10.0 Å². The summed E-state index contributed by atoms with van der Waals surface area (Å²) in [6.45, 7) is 7.41. The van der Waals surface area contributed by atoms with E-state index in [-0.39, 0.29) is 12.1 Å². The van der Waals surface area contributed by atoms with Crippen LogP contribution in [0.4, 0.5) is 0 Å². The fraction of sp³-hybridized carbons (Fsp3) is 0.714. The highest BCUT2D eigenvalue weighted by Gasteiger charge is 2.26. The van der Waals surface area contributed by atoms with E-state index in [1.807, 2.05) is 12.3 Å². The van der Waals surface area contributed by atoms with Gasteiger partial charge in [0.25, 0.3) is 0 Å². The maximum absolute atomic E-state index is 12.4. The zero-order valence-electron chi connectivity index (χ0n) is 12.8. The molecule has 0 saturated carbocycles. The molecule has 1 aliphatic heterocycles. The van der Waals surface area contributed by atoms with Gasteiger partial charge in [-0.15, -0.1) is 11.3 Å². The van der Waals surface area contributed by atoms with Gasteiger partial charge in [0, 0.05) is 25.2 Å². The SMILES string of the molecule is CC(C)NCc1csc(S(=O)(=O)NC2CCOC(C)C2)c1. The van der Waals surface area contributed by atoms with Crippen molar-refractivity contribution in [1.29, 1.82) is 0 Å². The summed E-state index contributed by atoms with van der Waals surface area (Å²) < 4.78 is 33.4. The first-order valence-electron chi connectivity index (χ1n) is 7.31. The van der Waals surface area contributed by atoms with Crippen LogP contribution in [0.15, 0.2) is 15.7 Å². The number of rotatable bonds is 6. The summed E-state index contributed by atoms with van der Waals surface area (Å²) in [6, 6.07) is 2.11. The van der Waals surface area contributed by atoms with Crippen LogP contribution in [0.3, 0.4) is 0 Å². The predicted molar refractivity (Wildman–Crippen MR) is 85.1 cm³/mol. The Balaban J connectivity index is 1.98. The van der Waals surface area contributed by atoms with E-state index >= 15 is 0 Å². The van der Waals surface area contributed by atoms with Crippen LogP contribution >= 0.6 is 11.3 Å². The maximum Gasteiger partial charge on any atom is 0.250 e. The Bertz CT molecular complexity index is 554. The minimum absolute atomic E-state index is 0.0295. The molecule has 2 unspecified atom stereocenters. The molecule has 0 spiro atoms. The molecule has 0 aromatic carbocycles. The molecule has 2 heterocycles. The highest BCUT2D eigenvalue weighted by atomic mass is 32.2. The van der Waals surface area contributed by atoms with Gasteiger partial charge in [0.15, 0.2) is 0 Å². The van der Waals surface area contributed by atoms with Gasteiger partial charge < -0.3 is 10.1 Å². The van der Waals surface area contributed by atoms with E-state index in [2.05, 4.69) is 23.9 Å². The Morgan fingerprint density at radius 3 is 2.90 bits per heavy atom. The van der Waals surface area contributed by atoms with Gasteiger partial charge in [-0.2, -0.15) is 0 Å². The number of thiophene rings is 1. The van der Waals surface area contributed by atoms with Crippen molar-refractivity contribution >= 4 is 21.4 Å². The molecule has 1 aliphatic rings. The van der Waals surface area contributed by atoms with E-state index in [1.54, 1.807) is 6.07 Å². The zero-order chi connectivity index (χ0) is 15.5. The first kappa shape index (κ1) is 16.9. The number of sulfonamides is 1. The molecule has 2 N–H and O–H groups in total. The summed E-state index contributed by atoms with van der Waals surface area (Å²) in [5.74, 6) is 0. The van der Waals surface area contributed by atoms with E-state index in [9.17, 15) is 8.42 Å². The van der Waals surface area contributed by atoms with Crippen LogP contribution in [0.1, 0.15) is 39.2 Å². The molecule has 21 heavy (non-hydrogen) atoms. The molecule has 2 rings (SSSR count). The molecule has 1 aromatic rings. The molecule has 1 fully saturated rings. The lowest BCUT2D eigenvalue weighted by Crippen LogP contribution is -2.41. The molecule has 5 nitrogen and oxygen atoms in total. The summed E-state index contributed by atoms with van der Waals surface area (Å²) in [5.41, 5.74) is 1.01. The number of nitrogens with one attached hydrogen (secondary N) is 2. The largest absolute Gasteiger partial charge is 0.378 e. The van der Waals surface area contributed by atoms with E-state index in [1.165, 1.54) is 11.3 Å². The van der Waals surface area contributed by atoms with Gasteiger partial charge >= 0.3 is 0 Å². The van der Waals surface area contributed by atoms with Crippen LogP contribution in [-0.4, -0.2) is 33.2 Å². The molecular formula is C14H24N2O3S2. The highest BCUT2D eigenvalue weighted by molar-refractivity contribution is 7.91. The summed E-state index contributed by atoms with van der Waals surface area (Å²) in [6.07, 6.45) is 1.57. The second kappa shape index (κ2) is 7.19. The molecule has 120 valence electrons. The Hall–Kier alpha value is -0.470. The third kappa shape index (κ3) is 5.03. The first-order chi connectivity index (χ1) is 9.87. The van der Waals surface area contributed by atoms with Crippen LogP contribution in [0, 0.1) is 0 Å². The Morgan fingerprint density at radius 1 is 1.48 bits per heavy atom. The zero-order valence-corrected chi connectivity index (χ0v) is 14.4. The first-order valence-corrected chi connectivity index (χ1v) is 9.68. The quantitative estimate of drug-likeness (QED) is 0.837. The Kier molecular flexibility index (Phi) is 5.79. The van der Waals surface area contributed by atoms with E-state index in [4.69, 9.17) is 4.74 Å². The molecule has 1 aromatic heterocycles. The van der Waals surface area contributed by atoms with Crippen LogP contribution in [0.25, 0.3) is 0 Å². The maximum atomic E-state index is 12.4. The van der Waals surface area contributed by atoms with Crippen molar-refractivity contribution in [2.75, 3.05) is 6.61 Å². The van der Waals surface area contributed by atoms with Crippen LogP contribution in [0.5, 0.6) is 0 Å². The smallest absolute Gasteiger partial charge is 0.250 e. The second-order valence-electron chi connectivity index (χ2n) is 5.83. The normalized spacial score (nSPS) is 23.6. The van der Waals surface area contributed by atoms with Crippen LogP contribution < -0.4 is 10.0 Å². The van der Waals surface area contributed by atoms with Crippen molar-refractivity contribution in [2.45, 2.75) is 62.6 Å². The Morgan fingerprint density at radius 2 is 2.24 bits per heavy atom. The fourth-order valence-corrected chi connectivity index (χ4v) is 4.80. The minimum Gasteiger partial charge on any atom is -0.378 e. The van der Waals surface area contributed by atoms with Crippen LogP contribution in [0.2, 0.25) is 0 Å². The van der Waals surface area contributed by atoms with Gasteiger partial charge in [-0.05, 0) is 36.8 Å². The lowest BCUT2D eigenvalue weighted by molar-refractivity contribution is 0.0173. The Labute approximate surface area is 131 Å². The van der Waals surface area contributed by atoms with Crippen molar-refractivity contribution in [3.63, 3.8) is 0 Å². The molecule has 0 bridgehead atoms. The van der Waals surface area contributed by atoms with Crippen molar-refractivity contribution in [2.24, 2.45) is 0 Å². The highest BCUT2D eigenvalue weighted by Crippen LogP contribution is 2.22. The molecular weight excluding hydrogens is 308 g/mol. The van der Waals surface area contributed by atoms with Crippen molar-refractivity contribution < 1.29 is 13.2 Å². The molecule has 0 aliphatic carbocycles. The van der Waals surface area contributed by atoms with Gasteiger partial charge in [-0.1, -0.05) is 13.8 Å². The van der Waals surface area contributed by atoms with Gasteiger partial charge in [-0.25, -0.2) is 13.1 Å². The summed E-state index contributed by atoms with van der Waals surface area (Å²) in [4.78, 5) is 0. The molecule has 7 heteroatoms. The third-order valence-corrected chi connectivity index (χ3v) is 6.42. The topological polar surface area (TPSA) is 67.4 Å². The second-order valence-corrected chi connectivity index (χ2v) is 8.69. The number of ether oxygens (including phenoxy) is 1. The number of hydrogen-bond donors (Lipinski definition) is 2. The van der Waals surface area contributed by atoms with E-state index in [0.717, 1.165) is 18.4 Å². The molecule has 0 radical (unpaired) electrons. The van der Waals surface area contributed by atoms with Crippen molar-refractivity contribution in [3.8, 4) is 0 Å². The fourth-order valence-electron chi connectivity index (χ4n) is 2.29. The third-order valence-electron chi connectivity index (χ3n) is 3.42. The summed E-state index contributed by atoms with van der Waals surface area (Å²) >= 11 is 1.28. The lowest BCUT2D eigenvalue weighted by Gasteiger charge is -2.27. The van der Waals surface area contributed by atoms with Crippen molar-refractivity contribution in [1.82, 2.24) is 10.0 Å². The summed E-state index contributed by atoms with van der Waals surface area (Å²) in [7, 11) is -3.42. The van der Waals surface area contributed by atoms with Crippen molar-refractivity contribution in [3.05, 3.63) is 17.0 Å². The average Bonchev–Trinajstić information content (AvgIpc) is 2.85. The van der Waals surface area contributed by atoms with Gasteiger partial charge in [0.05, 0.1) is 6.10 Å². The monoisotopic (exact) mass is 332 g/mol. The molecule has 2 atom stereocenters. The average molecular weight is 332 g/mol. The molecule has 1 saturated heterocycles. The molecule has 0 amide bonds. The standard InChI is InChI=1S/C14H24N2O3S2/c1-10(2)15-8-12-7-14(20-9-12)21(17,18)16-13-4-5-19-11(3)6-13/h7,9-11,13,15-16H,4-6,8H2,1-3H3. The van der Waals surface area contributed by atoms with E-state index in [0.29, 0.717) is 23.4 Å². The summed E-state index contributed by atoms with van der Waals surface area (Å²) in [5, 5.41) is 5.19. The van der Waals surface area contributed by atoms with Gasteiger partial charge in [0.1, 0.15) is 4.21 Å². The minimum atomic E-state index is -3.42.